The van der Waals surface area contributed by atoms with Crippen molar-refractivity contribution in [3.05, 3.63) is 33.5 Å². The summed E-state index contributed by atoms with van der Waals surface area (Å²) in [7, 11) is 2.01. The van der Waals surface area contributed by atoms with Crippen LogP contribution in [0.3, 0.4) is 0 Å². The van der Waals surface area contributed by atoms with E-state index in [0.717, 1.165) is 67.4 Å². The molecule has 23 heavy (non-hydrogen) atoms. The zero-order valence-electron chi connectivity index (χ0n) is 13.9. The van der Waals surface area contributed by atoms with Crippen molar-refractivity contribution in [2.24, 2.45) is 0 Å². The quantitative estimate of drug-likeness (QED) is 0.834. The van der Waals surface area contributed by atoms with Gasteiger partial charge in [0.1, 0.15) is 5.01 Å². The summed E-state index contributed by atoms with van der Waals surface area (Å²) < 4.78 is 5.38. The van der Waals surface area contributed by atoms with Crippen LogP contribution in [0.5, 0.6) is 0 Å². The van der Waals surface area contributed by atoms with Gasteiger partial charge >= 0.3 is 0 Å². The Morgan fingerprint density at radius 3 is 2.57 bits per heavy atom. The summed E-state index contributed by atoms with van der Waals surface area (Å²) in [5.74, 6) is 0.755. The van der Waals surface area contributed by atoms with E-state index in [-0.39, 0.29) is 0 Å². The highest BCUT2D eigenvalue weighted by Gasteiger charge is 2.14. The lowest BCUT2D eigenvalue weighted by Crippen LogP contribution is -2.35. The minimum atomic E-state index is 0.725. The number of hydrogen-bond acceptors (Lipinski definition) is 7. The van der Waals surface area contributed by atoms with Gasteiger partial charge in [-0.15, -0.1) is 11.3 Å². The van der Waals surface area contributed by atoms with Crippen molar-refractivity contribution in [2.45, 2.75) is 26.9 Å². The van der Waals surface area contributed by atoms with E-state index in [9.17, 15) is 0 Å². The molecule has 1 aliphatic heterocycles. The Hall–Kier alpha value is -1.57. The second-order valence-electron chi connectivity index (χ2n) is 5.93. The van der Waals surface area contributed by atoms with Crippen molar-refractivity contribution < 1.29 is 4.74 Å². The third-order valence-corrected chi connectivity index (χ3v) is 4.66. The molecule has 1 aliphatic rings. The highest BCUT2D eigenvalue weighted by atomic mass is 32.1. The van der Waals surface area contributed by atoms with Gasteiger partial charge < -0.3 is 9.64 Å². The van der Waals surface area contributed by atoms with Gasteiger partial charge in [0.05, 0.1) is 32.0 Å². The van der Waals surface area contributed by atoms with Gasteiger partial charge in [0.25, 0.3) is 0 Å². The zero-order valence-corrected chi connectivity index (χ0v) is 14.8. The summed E-state index contributed by atoms with van der Waals surface area (Å²) in [4.78, 5) is 18.2. The van der Waals surface area contributed by atoms with Crippen molar-refractivity contribution >= 4 is 17.3 Å². The van der Waals surface area contributed by atoms with Crippen LogP contribution >= 0.6 is 11.3 Å². The Balaban J connectivity index is 1.61. The van der Waals surface area contributed by atoms with Crippen molar-refractivity contribution in [1.29, 1.82) is 0 Å². The average molecular weight is 333 g/mol. The lowest BCUT2D eigenvalue weighted by atomic mass is 10.3. The second kappa shape index (κ2) is 7.33. The van der Waals surface area contributed by atoms with E-state index in [1.807, 2.05) is 31.9 Å². The molecule has 0 bridgehead atoms. The molecule has 0 unspecified atom stereocenters. The number of ether oxygens (including phenoxy) is 1. The van der Waals surface area contributed by atoms with Crippen LogP contribution in [0.25, 0.3) is 0 Å². The molecule has 7 heteroatoms. The first-order valence-electron chi connectivity index (χ1n) is 7.87. The van der Waals surface area contributed by atoms with E-state index < -0.39 is 0 Å². The van der Waals surface area contributed by atoms with Crippen LogP contribution in [0.2, 0.25) is 0 Å². The fourth-order valence-corrected chi connectivity index (χ4v) is 3.46. The van der Waals surface area contributed by atoms with Gasteiger partial charge in [0.2, 0.25) is 5.95 Å². The minimum absolute atomic E-state index is 0.725. The van der Waals surface area contributed by atoms with E-state index in [4.69, 9.17) is 9.72 Å². The first-order chi connectivity index (χ1) is 11.1. The number of nitrogens with zero attached hydrogens (tertiary/aromatic N) is 5. The molecule has 1 fully saturated rings. The molecule has 3 rings (SSSR count). The lowest BCUT2D eigenvalue weighted by Gasteiger charge is -2.25. The van der Waals surface area contributed by atoms with E-state index in [2.05, 4.69) is 20.2 Å². The largest absolute Gasteiger partial charge is 0.379 e. The van der Waals surface area contributed by atoms with E-state index in [1.165, 1.54) is 0 Å². The van der Waals surface area contributed by atoms with Crippen molar-refractivity contribution in [3.63, 3.8) is 0 Å². The average Bonchev–Trinajstić information content (AvgIpc) is 2.94. The fourth-order valence-electron chi connectivity index (χ4n) is 2.64. The van der Waals surface area contributed by atoms with Gasteiger partial charge in [-0.05, 0) is 19.9 Å². The second-order valence-corrected chi connectivity index (χ2v) is 6.87. The summed E-state index contributed by atoms with van der Waals surface area (Å²) in [6.07, 6.45) is 0. The maximum absolute atomic E-state index is 5.38. The van der Waals surface area contributed by atoms with Crippen molar-refractivity contribution in [2.75, 3.05) is 38.3 Å². The standard InChI is InChI=1S/C16H23N5OS/c1-12-8-13(2)18-16(17-12)20(3)9-14-11-23-15(19-14)10-21-4-6-22-7-5-21/h8,11H,4-7,9-10H2,1-3H3. The molecule has 0 N–H and O–H groups in total. The number of aromatic nitrogens is 3. The van der Waals surface area contributed by atoms with Crippen LogP contribution < -0.4 is 4.90 Å². The SMILES string of the molecule is Cc1cc(C)nc(N(C)Cc2csc(CN3CCOCC3)n2)n1. The first kappa shape index (κ1) is 16.3. The third-order valence-electron chi connectivity index (χ3n) is 3.77. The topological polar surface area (TPSA) is 54.4 Å². The molecule has 1 saturated heterocycles. The number of morpholine rings is 1. The lowest BCUT2D eigenvalue weighted by molar-refractivity contribution is 0.0341. The van der Waals surface area contributed by atoms with Gasteiger partial charge in [-0.25, -0.2) is 15.0 Å². The van der Waals surface area contributed by atoms with Gasteiger partial charge in [-0.3, -0.25) is 4.90 Å². The zero-order chi connectivity index (χ0) is 16.2. The van der Waals surface area contributed by atoms with E-state index in [1.54, 1.807) is 11.3 Å². The van der Waals surface area contributed by atoms with Crippen LogP contribution in [0.1, 0.15) is 22.1 Å². The summed E-state index contributed by atoms with van der Waals surface area (Å²) in [5.41, 5.74) is 3.06. The highest BCUT2D eigenvalue weighted by molar-refractivity contribution is 7.09. The molecule has 0 saturated carbocycles. The number of thiazole rings is 1. The van der Waals surface area contributed by atoms with Crippen LogP contribution in [0, 0.1) is 13.8 Å². The molecule has 0 aromatic carbocycles. The number of anilines is 1. The van der Waals surface area contributed by atoms with E-state index >= 15 is 0 Å². The fraction of sp³-hybridized carbons (Fsp3) is 0.562. The van der Waals surface area contributed by atoms with Crippen LogP contribution in [0.15, 0.2) is 11.4 Å². The molecule has 6 nitrogen and oxygen atoms in total. The Bertz CT molecular complexity index is 633. The molecule has 0 spiro atoms. The summed E-state index contributed by atoms with van der Waals surface area (Å²) >= 11 is 1.73. The molecular formula is C16H23N5OS. The summed E-state index contributed by atoms with van der Waals surface area (Å²) in [6, 6.07) is 1.99. The predicted molar refractivity (Wildman–Crippen MR) is 91.8 cm³/mol. The molecule has 2 aromatic heterocycles. The minimum Gasteiger partial charge on any atom is -0.379 e. The van der Waals surface area contributed by atoms with Crippen LogP contribution in [-0.2, 0) is 17.8 Å². The Morgan fingerprint density at radius 2 is 1.87 bits per heavy atom. The molecular weight excluding hydrogens is 310 g/mol. The first-order valence-corrected chi connectivity index (χ1v) is 8.75. The Morgan fingerprint density at radius 1 is 1.17 bits per heavy atom. The monoisotopic (exact) mass is 333 g/mol. The maximum Gasteiger partial charge on any atom is 0.225 e. The van der Waals surface area contributed by atoms with Gasteiger partial charge in [0, 0.05) is 36.9 Å². The highest BCUT2D eigenvalue weighted by Crippen LogP contribution is 2.16. The van der Waals surface area contributed by atoms with Gasteiger partial charge in [-0.1, -0.05) is 0 Å². The number of aryl methyl sites for hydroxylation is 2. The Kier molecular flexibility index (Phi) is 5.20. The molecule has 0 aliphatic carbocycles. The van der Waals surface area contributed by atoms with Crippen LogP contribution in [0.4, 0.5) is 5.95 Å². The summed E-state index contributed by atoms with van der Waals surface area (Å²) in [6.45, 7) is 9.26. The molecule has 124 valence electrons. The van der Waals surface area contributed by atoms with Crippen molar-refractivity contribution in [3.8, 4) is 0 Å². The molecule has 0 amide bonds. The van der Waals surface area contributed by atoms with Crippen molar-refractivity contribution in [1.82, 2.24) is 19.9 Å². The smallest absolute Gasteiger partial charge is 0.225 e. The van der Waals surface area contributed by atoms with Gasteiger partial charge in [0.15, 0.2) is 0 Å². The molecule has 0 radical (unpaired) electrons. The number of hydrogen-bond donors (Lipinski definition) is 0. The predicted octanol–water partition coefficient (Wildman–Crippen LogP) is 2.02. The normalized spacial score (nSPS) is 15.8. The number of rotatable bonds is 5. The molecule has 2 aromatic rings. The van der Waals surface area contributed by atoms with E-state index in [0.29, 0.717) is 0 Å². The summed E-state index contributed by atoms with van der Waals surface area (Å²) in [5, 5.41) is 3.30. The molecule has 3 heterocycles. The Labute approximate surface area is 141 Å². The van der Waals surface area contributed by atoms with Gasteiger partial charge in [-0.2, -0.15) is 0 Å². The maximum atomic E-state index is 5.38. The van der Waals surface area contributed by atoms with Crippen LogP contribution in [-0.4, -0.2) is 53.2 Å². The third kappa shape index (κ3) is 4.46. The molecule has 0 atom stereocenters.